The number of rotatable bonds is 2. The van der Waals surface area contributed by atoms with Gasteiger partial charge < -0.3 is 0 Å². The third-order valence-corrected chi connectivity index (χ3v) is 3.02. The zero-order valence-electron chi connectivity index (χ0n) is 10.5. The molecule has 0 N–H and O–H groups in total. The first kappa shape index (κ1) is 11.5. The minimum absolute atomic E-state index is 0.123. The van der Waals surface area contributed by atoms with Crippen molar-refractivity contribution in [2.45, 2.75) is 6.92 Å². The number of nitrogens with zero attached hydrogens (tertiary/aromatic N) is 2. The Morgan fingerprint density at radius 2 is 1.79 bits per heavy atom. The lowest BCUT2D eigenvalue weighted by Gasteiger charge is -2.04. The highest BCUT2D eigenvalue weighted by Crippen LogP contribution is 2.22. The first-order valence-corrected chi connectivity index (χ1v) is 6.07. The summed E-state index contributed by atoms with van der Waals surface area (Å²) in [4.78, 5) is 19.6. The molecule has 0 aliphatic carbocycles. The van der Waals surface area contributed by atoms with Gasteiger partial charge >= 0.3 is 0 Å². The Morgan fingerprint density at radius 1 is 1.00 bits per heavy atom. The van der Waals surface area contributed by atoms with Gasteiger partial charge in [-0.2, -0.15) is 0 Å². The Hall–Kier alpha value is -2.55. The second kappa shape index (κ2) is 4.61. The summed E-state index contributed by atoms with van der Waals surface area (Å²) in [6.45, 7) is 1.47. The number of carbonyl (C=O) groups excluding carboxylic acids is 1. The van der Waals surface area contributed by atoms with E-state index in [4.69, 9.17) is 0 Å². The zero-order chi connectivity index (χ0) is 13.2. The van der Waals surface area contributed by atoms with Crippen molar-refractivity contribution in [3.8, 4) is 11.3 Å². The lowest BCUT2D eigenvalue weighted by molar-refractivity contribution is 0.100. The van der Waals surface area contributed by atoms with E-state index in [2.05, 4.69) is 34.2 Å². The molecule has 1 heterocycles. The summed E-state index contributed by atoms with van der Waals surface area (Å²) >= 11 is 0. The van der Waals surface area contributed by atoms with Crippen molar-refractivity contribution < 1.29 is 4.79 Å². The summed E-state index contributed by atoms with van der Waals surface area (Å²) < 4.78 is 0. The standard InChI is InChI=1S/C16H12N2O/c1-11(19)16-17-9-8-15(18-16)14-7-6-12-4-2-3-5-13(12)10-14/h2-10H,1H3. The molecule has 19 heavy (non-hydrogen) atoms. The molecule has 2 aromatic carbocycles. The SMILES string of the molecule is CC(=O)c1nccc(-c2ccc3ccccc3c2)n1. The molecule has 0 aliphatic rings. The van der Waals surface area contributed by atoms with Gasteiger partial charge in [-0.1, -0.05) is 36.4 Å². The highest BCUT2D eigenvalue weighted by atomic mass is 16.1. The van der Waals surface area contributed by atoms with E-state index in [1.807, 2.05) is 24.3 Å². The van der Waals surface area contributed by atoms with E-state index in [-0.39, 0.29) is 11.6 Å². The molecule has 0 fully saturated rings. The van der Waals surface area contributed by atoms with Crippen molar-refractivity contribution in [1.29, 1.82) is 0 Å². The fraction of sp³-hybridized carbons (Fsp3) is 0.0625. The molecule has 0 unspecified atom stereocenters. The molecule has 0 radical (unpaired) electrons. The third kappa shape index (κ3) is 2.22. The number of carbonyl (C=O) groups is 1. The van der Waals surface area contributed by atoms with Gasteiger partial charge in [-0.15, -0.1) is 0 Å². The summed E-state index contributed by atoms with van der Waals surface area (Å²) in [6.07, 6.45) is 1.62. The zero-order valence-corrected chi connectivity index (χ0v) is 10.5. The van der Waals surface area contributed by atoms with Crippen molar-refractivity contribution in [2.75, 3.05) is 0 Å². The van der Waals surface area contributed by atoms with E-state index in [1.165, 1.54) is 12.3 Å². The van der Waals surface area contributed by atoms with Gasteiger partial charge in [0, 0.05) is 18.7 Å². The first-order chi connectivity index (χ1) is 9.24. The highest BCUT2D eigenvalue weighted by molar-refractivity contribution is 5.91. The van der Waals surface area contributed by atoms with E-state index in [0.29, 0.717) is 0 Å². The molecule has 0 aliphatic heterocycles. The van der Waals surface area contributed by atoms with Crippen LogP contribution in [0.5, 0.6) is 0 Å². The molecule has 0 atom stereocenters. The fourth-order valence-corrected chi connectivity index (χ4v) is 2.04. The van der Waals surface area contributed by atoms with Gasteiger partial charge in [-0.25, -0.2) is 9.97 Å². The predicted molar refractivity (Wildman–Crippen MR) is 75.0 cm³/mol. The number of Topliss-reactive ketones (excluding diaryl/α,β-unsaturated/α-hetero) is 1. The Kier molecular flexibility index (Phi) is 2.80. The van der Waals surface area contributed by atoms with Crippen molar-refractivity contribution in [3.05, 3.63) is 60.6 Å². The topological polar surface area (TPSA) is 42.9 Å². The normalized spacial score (nSPS) is 10.6. The summed E-state index contributed by atoms with van der Waals surface area (Å²) in [6, 6.07) is 16.1. The molecule has 3 rings (SSSR count). The largest absolute Gasteiger partial charge is 0.291 e. The minimum Gasteiger partial charge on any atom is -0.291 e. The molecule has 3 nitrogen and oxygen atoms in total. The van der Waals surface area contributed by atoms with E-state index in [9.17, 15) is 4.79 Å². The van der Waals surface area contributed by atoms with E-state index in [0.717, 1.165) is 16.6 Å². The number of fused-ring (bicyclic) bond motifs is 1. The second-order valence-electron chi connectivity index (χ2n) is 4.38. The highest BCUT2D eigenvalue weighted by Gasteiger charge is 2.06. The van der Waals surface area contributed by atoms with Crippen LogP contribution in [0, 0.1) is 0 Å². The molecule has 92 valence electrons. The van der Waals surface area contributed by atoms with Crippen molar-refractivity contribution in [3.63, 3.8) is 0 Å². The second-order valence-corrected chi connectivity index (χ2v) is 4.38. The van der Waals surface area contributed by atoms with Crippen molar-refractivity contribution in [1.82, 2.24) is 9.97 Å². The van der Waals surface area contributed by atoms with Crippen LogP contribution in [0.3, 0.4) is 0 Å². The number of ketones is 1. The Bertz CT molecular complexity index is 765. The van der Waals surface area contributed by atoms with E-state index in [1.54, 1.807) is 6.20 Å². The molecule has 0 saturated heterocycles. The summed E-state index contributed by atoms with van der Waals surface area (Å²) in [5.41, 5.74) is 1.76. The number of hydrogen-bond donors (Lipinski definition) is 0. The summed E-state index contributed by atoms with van der Waals surface area (Å²) in [5.74, 6) is 0.133. The average Bonchev–Trinajstić information content (AvgIpc) is 2.47. The van der Waals surface area contributed by atoms with Gasteiger partial charge in [0.2, 0.25) is 0 Å². The molecule has 0 spiro atoms. The van der Waals surface area contributed by atoms with E-state index < -0.39 is 0 Å². The predicted octanol–water partition coefficient (Wildman–Crippen LogP) is 3.50. The van der Waals surface area contributed by atoms with Crippen molar-refractivity contribution >= 4 is 16.6 Å². The molecule has 0 amide bonds. The van der Waals surface area contributed by atoms with Crippen LogP contribution in [0.2, 0.25) is 0 Å². The summed E-state index contributed by atoms with van der Waals surface area (Å²) in [5, 5.41) is 2.34. The Labute approximate surface area is 111 Å². The van der Waals surface area contributed by atoms with Crippen LogP contribution in [0.25, 0.3) is 22.0 Å². The van der Waals surface area contributed by atoms with Crippen molar-refractivity contribution in [2.24, 2.45) is 0 Å². The molecule has 0 bridgehead atoms. The number of aromatic nitrogens is 2. The van der Waals surface area contributed by atoms with Crippen LogP contribution >= 0.6 is 0 Å². The maximum Gasteiger partial charge on any atom is 0.196 e. The van der Waals surface area contributed by atoms with Gasteiger partial charge in [0.05, 0.1) is 5.69 Å². The molecule has 0 saturated carbocycles. The van der Waals surface area contributed by atoms with Crippen LogP contribution in [-0.2, 0) is 0 Å². The van der Waals surface area contributed by atoms with Crippen LogP contribution in [-0.4, -0.2) is 15.8 Å². The van der Waals surface area contributed by atoms with Crippen LogP contribution in [0.4, 0.5) is 0 Å². The number of benzene rings is 2. The van der Waals surface area contributed by atoms with Gasteiger partial charge in [0.25, 0.3) is 0 Å². The lowest BCUT2D eigenvalue weighted by Crippen LogP contribution is -2.01. The van der Waals surface area contributed by atoms with Gasteiger partial charge in [-0.05, 0) is 22.9 Å². The Morgan fingerprint density at radius 3 is 2.58 bits per heavy atom. The fourth-order valence-electron chi connectivity index (χ4n) is 2.04. The van der Waals surface area contributed by atoms with Gasteiger partial charge in [-0.3, -0.25) is 4.79 Å². The maximum absolute atomic E-state index is 11.3. The maximum atomic E-state index is 11.3. The van der Waals surface area contributed by atoms with Crippen LogP contribution in [0.15, 0.2) is 54.7 Å². The quantitative estimate of drug-likeness (QED) is 0.652. The van der Waals surface area contributed by atoms with Crippen LogP contribution < -0.4 is 0 Å². The summed E-state index contributed by atoms with van der Waals surface area (Å²) in [7, 11) is 0. The third-order valence-electron chi connectivity index (χ3n) is 3.02. The molecular formula is C16H12N2O. The molecule has 1 aromatic heterocycles. The first-order valence-electron chi connectivity index (χ1n) is 6.07. The smallest absolute Gasteiger partial charge is 0.196 e. The van der Waals surface area contributed by atoms with Crippen LogP contribution in [0.1, 0.15) is 17.5 Å². The monoisotopic (exact) mass is 248 g/mol. The average molecular weight is 248 g/mol. The van der Waals surface area contributed by atoms with Gasteiger partial charge in [0.15, 0.2) is 11.6 Å². The van der Waals surface area contributed by atoms with E-state index >= 15 is 0 Å². The molecule has 3 heteroatoms. The molecular weight excluding hydrogens is 236 g/mol. The van der Waals surface area contributed by atoms with Gasteiger partial charge in [0.1, 0.15) is 0 Å². The number of hydrogen-bond acceptors (Lipinski definition) is 3. The molecule has 3 aromatic rings. The minimum atomic E-state index is -0.123. The lowest BCUT2D eigenvalue weighted by atomic mass is 10.1. The Balaban J connectivity index is 2.13.